The van der Waals surface area contributed by atoms with Gasteiger partial charge in [0.1, 0.15) is 6.54 Å². The van der Waals surface area contributed by atoms with E-state index in [0.29, 0.717) is 0 Å². The van der Waals surface area contributed by atoms with Crippen LogP contribution in [0.1, 0.15) is 11.1 Å². The van der Waals surface area contributed by atoms with E-state index in [-0.39, 0.29) is 16.2 Å². The highest BCUT2D eigenvalue weighted by atomic mass is 32.2. The zero-order valence-corrected chi connectivity index (χ0v) is 16.2. The third-order valence-corrected chi connectivity index (χ3v) is 6.31. The van der Waals surface area contributed by atoms with Gasteiger partial charge in [-0.25, -0.2) is 0 Å². The smallest absolute Gasteiger partial charge is 0.325 e. The average Bonchev–Trinajstić information content (AvgIpc) is 2.90. The van der Waals surface area contributed by atoms with Crippen LogP contribution in [0.15, 0.2) is 51.8 Å². The van der Waals surface area contributed by atoms with Crippen molar-refractivity contribution < 1.29 is 17.9 Å². The van der Waals surface area contributed by atoms with Crippen LogP contribution in [-0.2, 0) is 26.1 Å². The minimum atomic E-state index is -3.89. The van der Waals surface area contributed by atoms with Crippen molar-refractivity contribution in [2.45, 2.75) is 25.3 Å². The van der Waals surface area contributed by atoms with Crippen molar-refractivity contribution in [3.8, 4) is 0 Å². The van der Waals surface area contributed by atoms with Crippen molar-refractivity contribution in [3.63, 3.8) is 0 Å². The Morgan fingerprint density at radius 2 is 1.77 bits per heavy atom. The molecule has 3 aromatic rings. The Hall–Kier alpha value is -2.45. The monoisotopic (exact) mass is 390 g/mol. The topological polar surface area (TPSA) is 77.7 Å². The van der Waals surface area contributed by atoms with Crippen LogP contribution in [0.5, 0.6) is 0 Å². The summed E-state index contributed by atoms with van der Waals surface area (Å²) in [4.78, 5) is 12.1. The maximum atomic E-state index is 12.7. The van der Waals surface area contributed by atoms with Gasteiger partial charge in [0.25, 0.3) is 10.0 Å². The lowest BCUT2D eigenvalue weighted by Crippen LogP contribution is -2.22. The van der Waals surface area contributed by atoms with E-state index >= 15 is 0 Å². The molecule has 136 valence electrons. The van der Waals surface area contributed by atoms with Crippen LogP contribution >= 0.6 is 11.3 Å². The van der Waals surface area contributed by atoms with Gasteiger partial charge in [-0.05, 0) is 43.7 Å². The van der Waals surface area contributed by atoms with Crippen molar-refractivity contribution in [3.05, 3.63) is 58.4 Å². The molecule has 0 spiro atoms. The minimum Gasteiger partial charge on any atom is -0.468 e. The summed E-state index contributed by atoms with van der Waals surface area (Å²) in [5.41, 5.74) is 2.74. The van der Waals surface area contributed by atoms with Crippen LogP contribution in [0.3, 0.4) is 0 Å². The first kappa shape index (κ1) is 18.3. The number of hydrogen-bond acceptors (Lipinski definition) is 5. The van der Waals surface area contributed by atoms with Gasteiger partial charge >= 0.3 is 5.97 Å². The molecule has 1 heterocycles. The fourth-order valence-electron chi connectivity index (χ4n) is 2.46. The largest absolute Gasteiger partial charge is 0.468 e. The Balaban J connectivity index is 2.22. The molecule has 0 bridgehead atoms. The van der Waals surface area contributed by atoms with E-state index in [1.807, 2.05) is 32.0 Å². The van der Waals surface area contributed by atoms with Gasteiger partial charge in [-0.1, -0.05) is 35.1 Å². The Bertz CT molecular complexity index is 1140. The Kier molecular flexibility index (Phi) is 4.97. The highest BCUT2D eigenvalue weighted by Gasteiger charge is 2.16. The van der Waals surface area contributed by atoms with Crippen LogP contribution in [0.4, 0.5) is 0 Å². The molecular weight excluding hydrogens is 372 g/mol. The van der Waals surface area contributed by atoms with Crippen LogP contribution < -0.4 is 4.80 Å². The third-order valence-electron chi connectivity index (χ3n) is 3.87. The number of rotatable bonds is 4. The number of carbonyl (C=O) groups excluding carboxylic acids is 1. The number of sulfonamides is 1. The molecule has 8 heteroatoms. The number of thiazole rings is 1. The predicted molar refractivity (Wildman–Crippen MR) is 100 cm³/mol. The normalized spacial score (nSPS) is 12.5. The van der Waals surface area contributed by atoms with E-state index < -0.39 is 16.0 Å². The van der Waals surface area contributed by atoms with Gasteiger partial charge in [0.15, 0.2) is 0 Å². The maximum absolute atomic E-state index is 12.7. The van der Waals surface area contributed by atoms with E-state index in [1.54, 1.807) is 16.7 Å². The molecule has 0 saturated heterocycles. The lowest BCUT2D eigenvalue weighted by molar-refractivity contribution is -0.141. The average molecular weight is 390 g/mol. The van der Waals surface area contributed by atoms with Crippen molar-refractivity contribution in [2.24, 2.45) is 4.40 Å². The lowest BCUT2D eigenvalue weighted by atomic mass is 10.2. The molecule has 1 aromatic heterocycles. The number of nitrogens with zero attached hydrogens (tertiary/aromatic N) is 2. The summed E-state index contributed by atoms with van der Waals surface area (Å²) in [6.07, 6.45) is 0. The molecule has 6 nitrogen and oxygen atoms in total. The molecule has 0 aliphatic heterocycles. The Morgan fingerprint density at radius 3 is 2.42 bits per heavy atom. The molecule has 0 unspecified atom stereocenters. The summed E-state index contributed by atoms with van der Waals surface area (Å²) in [6.45, 7) is 3.72. The molecule has 0 aliphatic rings. The fourth-order valence-corrected chi connectivity index (χ4v) is 4.79. The van der Waals surface area contributed by atoms with E-state index in [1.165, 1.54) is 30.6 Å². The van der Waals surface area contributed by atoms with Crippen LogP contribution in [0.25, 0.3) is 10.2 Å². The highest BCUT2D eigenvalue weighted by molar-refractivity contribution is 7.90. The predicted octanol–water partition coefficient (Wildman–Crippen LogP) is 2.78. The molecule has 0 aliphatic carbocycles. The number of ether oxygens (including phenoxy) is 1. The van der Waals surface area contributed by atoms with Gasteiger partial charge < -0.3 is 9.30 Å². The quantitative estimate of drug-likeness (QED) is 0.642. The molecule has 0 amide bonds. The number of aryl methyl sites for hydroxylation is 2. The molecule has 0 atom stereocenters. The number of esters is 1. The molecule has 0 fully saturated rings. The van der Waals surface area contributed by atoms with Gasteiger partial charge in [0.05, 0.1) is 22.2 Å². The first-order valence-corrected chi connectivity index (χ1v) is 10.1. The SMILES string of the molecule is COC(=O)Cn1c(=NS(=O)(=O)c2ccc(C)cc2)sc2cc(C)ccc21. The van der Waals surface area contributed by atoms with E-state index in [4.69, 9.17) is 4.74 Å². The summed E-state index contributed by atoms with van der Waals surface area (Å²) in [6, 6.07) is 12.2. The highest BCUT2D eigenvalue weighted by Crippen LogP contribution is 2.20. The molecule has 26 heavy (non-hydrogen) atoms. The van der Waals surface area contributed by atoms with Gasteiger partial charge in [0, 0.05) is 0 Å². The van der Waals surface area contributed by atoms with Gasteiger partial charge in [-0.2, -0.15) is 8.42 Å². The third kappa shape index (κ3) is 3.71. The van der Waals surface area contributed by atoms with Crippen LogP contribution in [0.2, 0.25) is 0 Å². The molecule has 0 radical (unpaired) electrons. The van der Waals surface area contributed by atoms with Crippen molar-refractivity contribution in [2.75, 3.05) is 7.11 Å². The maximum Gasteiger partial charge on any atom is 0.325 e. The zero-order chi connectivity index (χ0) is 18.9. The van der Waals surface area contributed by atoms with Gasteiger partial charge in [-0.15, -0.1) is 4.40 Å². The summed E-state index contributed by atoms with van der Waals surface area (Å²) >= 11 is 1.22. The Labute approximate surface area is 155 Å². The molecule has 0 saturated carbocycles. The van der Waals surface area contributed by atoms with Gasteiger partial charge in [-0.3, -0.25) is 4.79 Å². The zero-order valence-electron chi connectivity index (χ0n) is 14.6. The molecular formula is C18H18N2O4S2. The van der Waals surface area contributed by atoms with Crippen molar-refractivity contribution in [1.82, 2.24) is 4.57 Å². The standard InChI is InChI=1S/C18H18N2O4S2/c1-12-4-7-14(8-5-12)26(22,23)19-18-20(11-17(21)24-3)15-9-6-13(2)10-16(15)25-18/h4-10H,11H2,1-3H3. The summed E-state index contributed by atoms with van der Waals surface area (Å²) in [7, 11) is -2.60. The van der Waals surface area contributed by atoms with Crippen LogP contribution in [-0.4, -0.2) is 26.1 Å². The second-order valence-electron chi connectivity index (χ2n) is 5.90. The number of fused-ring (bicyclic) bond motifs is 1. The van der Waals surface area contributed by atoms with E-state index in [9.17, 15) is 13.2 Å². The lowest BCUT2D eigenvalue weighted by Gasteiger charge is -2.04. The Morgan fingerprint density at radius 1 is 1.12 bits per heavy atom. The summed E-state index contributed by atoms with van der Waals surface area (Å²) < 4.78 is 36.5. The number of carbonyl (C=O) groups is 1. The van der Waals surface area contributed by atoms with Crippen molar-refractivity contribution in [1.29, 1.82) is 0 Å². The van der Waals surface area contributed by atoms with E-state index in [2.05, 4.69) is 4.40 Å². The summed E-state index contributed by atoms with van der Waals surface area (Å²) in [5.74, 6) is -0.473. The van der Waals surface area contributed by atoms with Crippen molar-refractivity contribution >= 4 is 37.5 Å². The number of benzene rings is 2. The molecule has 2 aromatic carbocycles. The number of methoxy groups -OCH3 is 1. The van der Waals surface area contributed by atoms with Gasteiger partial charge in [0.2, 0.25) is 4.80 Å². The molecule has 0 N–H and O–H groups in total. The second-order valence-corrected chi connectivity index (χ2v) is 8.51. The summed E-state index contributed by atoms with van der Waals surface area (Å²) in [5, 5.41) is 0. The van der Waals surface area contributed by atoms with E-state index in [0.717, 1.165) is 21.3 Å². The second kappa shape index (κ2) is 7.05. The fraction of sp³-hybridized carbons (Fsp3) is 0.222. The minimum absolute atomic E-state index is 0.109. The number of hydrogen-bond donors (Lipinski definition) is 0. The molecule has 3 rings (SSSR count). The van der Waals surface area contributed by atoms with Crippen LogP contribution in [0, 0.1) is 13.8 Å². The first-order chi connectivity index (χ1) is 12.3. The number of aromatic nitrogens is 1. The first-order valence-electron chi connectivity index (χ1n) is 7.84.